The smallest absolute Gasteiger partial charge is 0.255 e. The first-order valence-electron chi connectivity index (χ1n) is 7.08. The monoisotopic (exact) mass is 300 g/mol. The van der Waals surface area contributed by atoms with Gasteiger partial charge in [-0.2, -0.15) is 0 Å². The molecule has 1 atom stereocenters. The van der Waals surface area contributed by atoms with Gasteiger partial charge in [-0.05, 0) is 25.5 Å². The Morgan fingerprint density at radius 2 is 2.14 bits per heavy atom. The second-order valence-corrected chi connectivity index (χ2v) is 5.30. The van der Waals surface area contributed by atoms with Crippen molar-refractivity contribution in [3.05, 3.63) is 35.6 Å². The lowest BCUT2D eigenvalue weighted by Gasteiger charge is -2.32. The molecule has 0 aliphatic carbocycles. The van der Waals surface area contributed by atoms with Crippen LogP contribution in [0.25, 0.3) is 0 Å². The molecule has 2 rings (SSSR count). The molecule has 1 saturated heterocycles. The highest BCUT2D eigenvalue weighted by Crippen LogP contribution is 2.19. The number of halogens is 3. The Bertz CT molecular complexity index is 482. The van der Waals surface area contributed by atoms with E-state index in [2.05, 4.69) is 5.32 Å². The zero-order chi connectivity index (χ0) is 15.2. The Morgan fingerprint density at radius 1 is 1.38 bits per heavy atom. The maximum Gasteiger partial charge on any atom is 0.255 e. The number of carbonyl (C=O) groups excluding carboxylic acids is 1. The molecule has 3 nitrogen and oxygen atoms in total. The van der Waals surface area contributed by atoms with Crippen LogP contribution in [0.1, 0.15) is 18.4 Å². The molecule has 1 fully saturated rings. The Morgan fingerprint density at radius 3 is 2.86 bits per heavy atom. The number of benzene rings is 1. The number of likely N-dealkylation sites (tertiary alicyclic amines) is 1. The molecule has 1 N–H and O–H groups in total. The van der Waals surface area contributed by atoms with Gasteiger partial charge in [0.15, 0.2) is 0 Å². The van der Waals surface area contributed by atoms with E-state index in [4.69, 9.17) is 0 Å². The van der Waals surface area contributed by atoms with Crippen molar-refractivity contribution in [1.29, 1.82) is 0 Å². The average Bonchev–Trinajstić information content (AvgIpc) is 2.47. The molecule has 0 radical (unpaired) electrons. The molecule has 1 heterocycles. The van der Waals surface area contributed by atoms with Gasteiger partial charge in [0, 0.05) is 18.7 Å². The highest BCUT2D eigenvalue weighted by atomic mass is 19.3. The molecule has 21 heavy (non-hydrogen) atoms. The van der Waals surface area contributed by atoms with Crippen LogP contribution in [-0.2, 0) is 11.3 Å². The van der Waals surface area contributed by atoms with E-state index in [-0.39, 0.29) is 17.6 Å². The maximum atomic E-state index is 13.6. The van der Waals surface area contributed by atoms with Crippen LogP contribution >= 0.6 is 0 Å². The number of carbonyl (C=O) groups is 1. The summed E-state index contributed by atoms with van der Waals surface area (Å²) in [5.74, 6) is -0.903. The van der Waals surface area contributed by atoms with Crippen molar-refractivity contribution in [3.63, 3.8) is 0 Å². The van der Waals surface area contributed by atoms with Crippen molar-refractivity contribution in [2.24, 2.45) is 5.92 Å². The fourth-order valence-electron chi connectivity index (χ4n) is 2.60. The standard InChI is InChI=1S/C15H19F3N2O/c16-13-6-2-1-4-11(13)9-20-7-3-5-12(10-20)15(21)19-8-14(17)18/h1-2,4,6,12,14H,3,5,7-10H2,(H,19,21). The third kappa shape index (κ3) is 4.74. The van der Waals surface area contributed by atoms with E-state index >= 15 is 0 Å². The zero-order valence-corrected chi connectivity index (χ0v) is 11.7. The normalized spacial score (nSPS) is 19.7. The van der Waals surface area contributed by atoms with Crippen LogP contribution in [0.2, 0.25) is 0 Å². The Hall–Kier alpha value is -1.56. The lowest BCUT2D eigenvalue weighted by Crippen LogP contribution is -2.43. The summed E-state index contributed by atoms with van der Waals surface area (Å²) in [6.07, 6.45) is -1.04. The van der Waals surface area contributed by atoms with Gasteiger partial charge in [0.2, 0.25) is 5.91 Å². The fourth-order valence-corrected chi connectivity index (χ4v) is 2.60. The van der Waals surface area contributed by atoms with E-state index in [0.717, 1.165) is 13.0 Å². The first-order chi connectivity index (χ1) is 10.1. The van der Waals surface area contributed by atoms with Crippen LogP contribution in [0, 0.1) is 11.7 Å². The molecule has 1 aromatic rings. The van der Waals surface area contributed by atoms with Crippen LogP contribution < -0.4 is 5.32 Å². The first-order valence-corrected chi connectivity index (χ1v) is 7.08. The number of amides is 1. The average molecular weight is 300 g/mol. The van der Waals surface area contributed by atoms with Gasteiger partial charge < -0.3 is 5.32 Å². The van der Waals surface area contributed by atoms with Crippen LogP contribution in [0.3, 0.4) is 0 Å². The van der Waals surface area contributed by atoms with Crippen LogP contribution in [0.5, 0.6) is 0 Å². The minimum absolute atomic E-state index is 0.262. The summed E-state index contributed by atoms with van der Waals surface area (Å²) in [4.78, 5) is 13.8. The molecule has 1 amide bonds. The SMILES string of the molecule is O=C(NCC(F)F)C1CCCN(Cc2ccccc2F)C1. The predicted octanol–water partition coefficient (Wildman–Crippen LogP) is 2.42. The Balaban J connectivity index is 1.89. The molecule has 1 unspecified atom stereocenters. The second kappa shape index (κ2) is 7.45. The highest BCUT2D eigenvalue weighted by molar-refractivity contribution is 5.78. The van der Waals surface area contributed by atoms with Gasteiger partial charge >= 0.3 is 0 Å². The molecule has 116 valence electrons. The molecule has 0 saturated carbocycles. The summed E-state index contributed by atoms with van der Waals surface area (Å²) >= 11 is 0. The molecule has 6 heteroatoms. The van der Waals surface area contributed by atoms with Gasteiger partial charge in [-0.1, -0.05) is 18.2 Å². The van der Waals surface area contributed by atoms with Crippen LogP contribution in [-0.4, -0.2) is 36.9 Å². The second-order valence-electron chi connectivity index (χ2n) is 5.30. The lowest BCUT2D eigenvalue weighted by molar-refractivity contribution is -0.127. The van der Waals surface area contributed by atoms with E-state index < -0.39 is 13.0 Å². The van der Waals surface area contributed by atoms with Gasteiger partial charge in [-0.25, -0.2) is 13.2 Å². The summed E-state index contributed by atoms with van der Waals surface area (Å²) in [5, 5.41) is 2.26. The zero-order valence-electron chi connectivity index (χ0n) is 11.7. The Kier molecular flexibility index (Phi) is 5.61. The van der Waals surface area contributed by atoms with E-state index in [0.29, 0.717) is 25.1 Å². The van der Waals surface area contributed by atoms with Crippen molar-refractivity contribution in [2.75, 3.05) is 19.6 Å². The molecular weight excluding hydrogens is 281 g/mol. The topological polar surface area (TPSA) is 32.3 Å². The van der Waals surface area contributed by atoms with Gasteiger partial charge in [0.25, 0.3) is 6.43 Å². The molecule has 0 aromatic heterocycles. The number of nitrogens with one attached hydrogen (secondary N) is 1. The van der Waals surface area contributed by atoms with Crippen molar-refractivity contribution >= 4 is 5.91 Å². The van der Waals surface area contributed by atoms with Crippen LogP contribution in [0.15, 0.2) is 24.3 Å². The highest BCUT2D eigenvalue weighted by Gasteiger charge is 2.26. The third-order valence-electron chi connectivity index (χ3n) is 3.66. The van der Waals surface area contributed by atoms with E-state index in [9.17, 15) is 18.0 Å². The van der Waals surface area contributed by atoms with Gasteiger partial charge in [0.05, 0.1) is 12.5 Å². The van der Waals surface area contributed by atoms with Gasteiger partial charge in [0.1, 0.15) is 5.82 Å². The molecule has 0 bridgehead atoms. The fraction of sp³-hybridized carbons (Fsp3) is 0.533. The number of hydrogen-bond donors (Lipinski definition) is 1. The maximum absolute atomic E-state index is 13.6. The lowest BCUT2D eigenvalue weighted by atomic mass is 9.96. The number of alkyl halides is 2. The molecule has 1 aliphatic heterocycles. The van der Waals surface area contributed by atoms with Crippen molar-refractivity contribution < 1.29 is 18.0 Å². The molecule has 1 aromatic carbocycles. The van der Waals surface area contributed by atoms with E-state index in [1.165, 1.54) is 6.07 Å². The van der Waals surface area contributed by atoms with Gasteiger partial charge in [-0.3, -0.25) is 9.69 Å². The molecule has 0 spiro atoms. The van der Waals surface area contributed by atoms with Crippen molar-refractivity contribution in [1.82, 2.24) is 10.2 Å². The number of nitrogens with zero attached hydrogens (tertiary/aromatic N) is 1. The summed E-state index contributed by atoms with van der Waals surface area (Å²) < 4.78 is 37.8. The minimum atomic E-state index is -2.54. The van der Waals surface area contributed by atoms with E-state index in [1.54, 1.807) is 18.2 Å². The minimum Gasteiger partial charge on any atom is -0.350 e. The summed E-state index contributed by atoms with van der Waals surface area (Å²) in [5.41, 5.74) is 0.589. The van der Waals surface area contributed by atoms with E-state index in [1.807, 2.05) is 4.90 Å². The summed E-state index contributed by atoms with van der Waals surface area (Å²) in [6, 6.07) is 6.53. The molecule has 1 aliphatic rings. The number of hydrogen-bond acceptors (Lipinski definition) is 2. The first kappa shape index (κ1) is 15.8. The van der Waals surface area contributed by atoms with Crippen LogP contribution in [0.4, 0.5) is 13.2 Å². The largest absolute Gasteiger partial charge is 0.350 e. The van der Waals surface area contributed by atoms with Crippen molar-refractivity contribution in [2.45, 2.75) is 25.8 Å². The summed E-state index contributed by atoms with van der Waals surface area (Å²) in [6.45, 7) is 1.09. The predicted molar refractivity (Wildman–Crippen MR) is 73.4 cm³/mol. The van der Waals surface area contributed by atoms with Crippen molar-refractivity contribution in [3.8, 4) is 0 Å². The number of piperidine rings is 1. The third-order valence-corrected chi connectivity index (χ3v) is 3.66. The summed E-state index contributed by atoms with van der Waals surface area (Å²) in [7, 11) is 0. The number of rotatable bonds is 5. The Labute approximate surface area is 122 Å². The van der Waals surface area contributed by atoms with Gasteiger partial charge in [-0.15, -0.1) is 0 Å². The quantitative estimate of drug-likeness (QED) is 0.906. The molecular formula is C15H19F3N2O.